The number of rotatable bonds is 2. The van der Waals surface area contributed by atoms with Gasteiger partial charge in [-0.25, -0.2) is 9.18 Å². The zero-order chi connectivity index (χ0) is 12.4. The standard InChI is InChI=1S/C9H8ClFN4O2/c10-4-6-5(11)3-7(14-13-6)15-2-1-8(16)12-9(15)17/h3H,1-2,4H2,(H,12,16,17). The number of hydrogen-bond acceptors (Lipinski definition) is 4. The molecule has 1 aliphatic rings. The molecule has 2 heterocycles. The summed E-state index contributed by atoms with van der Waals surface area (Å²) < 4.78 is 13.4. The fourth-order valence-corrected chi connectivity index (χ4v) is 1.57. The van der Waals surface area contributed by atoms with Crippen molar-refractivity contribution in [3.05, 3.63) is 17.6 Å². The quantitative estimate of drug-likeness (QED) is 0.796. The SMILES string of the molecule is O=C1CCN(c2cc(F)c(CCl)nn2)C(=O)N1. The van der Waals surface area contributed by atoms with Gasteiger partial charge in [-0.2, -0.15) is 0 Å². The van der Waals surface area contributed by atoms with Crippen LogP contribution in [0.4, 0.5) is 15.0 Å². The number of nitrogens with zero attached hydrogens (tertiary/aromatic N) is 3. The molecule has 0 aliphatic carbocycles. The van der Waals surface area contributed by atoms with Crippen LogP contribution in [0, 0.1) is 5.82 Å². The number of amides is 3. The Balaban J connectivity index is 2.25. The highest BCUT2D eigenvalue weighted by Gasteiger charge is 2.26. The van der Waals surface area contributed by atoms with E-state index in [1.807, 2.05) is 0 Å². The summed E-state index contributed by atoms with van der Waals surface area (Å²) in [7, 11) is 0. The Bertz CT molecular complexity index is 482. The van der Waals surface area contributed by atoms with Gasteiger partial charge in [-0.05, 0) is 0 Å². The highest BCUT2D eigenvalue weighted by atomic mass is 35.5. The maximum absolute atomic E-state index is 13.4. The number of nitrogens with one attached hydrogen (secondary N) is 1. The molecule has 1 aliphatic heterocycles. The van der Waals surface area contributed by atoms with Crippen LogP contribution in [0.15, 0.2) is 6.07 Å². The van der Waals surface area contributed by atoms with Crippen molar-refractivity contribution in [2.75, 3.05) is 11.4 Å². The van der Waals surface area contributed by atoms with E-state index in [1.165, 1.54) is 0 Å². The number of halogens is 2. The van der Waals surface area contributed by atoms with Crippen molar-refractivity contribution < 1.29 is 14.0 Å². The van der Waals surface area contributed by atoms with Crippen LogP contribution in [0.25, 0.3) is 0 Å². The number of anilines is 1. The highest BCUT2D eigenvalue weighted by Crippen LogP contribution is 2.16. The predicted molar refractivity (Wildman–Crippen MR) is 57.0 cm³/mol. The zero-order valence-corrected chi connectivity index (χ0v) is 9.37. The average Bonchev–Trinajstić information content (AvgIpc) is 2.29. The third-order valence-electron chi connectivity index (χ3n) is 2.26. The van der Waals surface area contributed by atoms with Crippen molar-refractivity contribution in [2.45, 2.75) is 12.3 Å². The summed E-state index contributed by atoms with van der Waals surface area (Å²) in [6.07, 6.45) is 0.145. The first-order valence-corrected chi connectivity index (χ1v) is 5.34. The number of carbonyl (C=O) groups is 2. The van der Waals surface area contributed by atoms with Gasteiger partial charge in [0.05, 0.1) is 5.88 Å². The first-order valence-electron chi connectivity index (χ1n) is 4.81. The normalized spacial score (nSPS) is 16.0. The summed E-state index contributed by atoms with van der Waals surface area (Å²) in [6.45, 7) is 0.152. The van der Waals surface area contributed by atoms with E-state index >= 15 is 0 Å². The van der Waals surface area contributed by atoms with Gasteiger partial charge >= 0.3 is 6.03 Å². The Morgan fingerprint density at radius 1 is 1.47 bits per heavy atom. The van der Waals surface area contributed by atoms with Gasteiger partial charge in [0.15, 0.2) is 11.6 Å². The number of carbonyl (C=O) groups excluding carboxylic acids is 2. The fourth-order valence-electron chi connectivity index (χ4n) is 1.39. The second kappa shape index (κ2) is 4.62. The molecule has 0 radical (unpaired) electrons. The minimum Gasteiger partial charge on any atom is -0.278 e. The summed E-state index contributed by atoms with van der Waals surface area (Å²) in [5.74, 6) is -1.03. The molecule has 1 aromatic rings. The topological polar surface area (TPSA) is 75.2 Å². The molecule has 3 amide bonds. The lowest BCUT2D eigenvalue weighted by molar-refractivity contribution is -0.120. The molecule has 0 aromatic carbocycles. The monoisotopic (exact) mass is 258 g/mol. The van der Waals surface area contributed by atoms with E-state index in [-0.39, 0.29) is 36.3 Å². The Morgan fingerprint density at radius 3 is 2.82 bits per heavy atom. The lowest BCUT2D eigenvalue weighted by atomic mass is 10.3. The first kappa shape index (κ1) is 11.7. The molecule has 1 aromatic heterocycles. The first-order chi connectivity index (χ1) is 8.11. The Kier molecular flexibility index (Phi) is 3.19. The molecular weight excluding hydrogens is 251 g/mol. The molecule has 2 rings (SSSR count). The zero-order valence-electron chi connectivity index (χ0n) is 8.61. The van der Waals surface area contributed by atoms with Crippen LogP contribution in [0.2, 0.25) is 0 Å². The third kappa shape index (κ3) is 2.33. The lowest BCUT2D eigenvalue weighted by Crippen LogP contribution is -2.50. The summed E-state index contributed by atoms with van der Waals surface area (Å²) in [5.41, 5.74) is 0.0175. The Labute approximate surface area is 101 Å². The Morgan fingerprint density at radius 2 is 2.24 bits per heavy atom. The van der Waals surface area contributed by atoms with Crippen LogP contribution in [0.3, 0.4) is 0 Å². The van der Waals surface area contributed by atoms with Gasteiger partial charge in [0, 0.05) is 19.0 Å². The molecule has 1 saturated heterocycles. The molecule has 8 heteroatoms. The predicted octanol–water partition coefficient (Wildman–Crippen LogP) is 0.801. The molecular formula is C9H8ClFN4O2. The molecule has 0 spiro atoms. The van der Waals surface area contributed by atoms with Crippen molar-refractivity contribution >= 4 is 29.4 Å². The third-order valence-corrected chi connectivity index (χ3v) is 2.51. The minimum absolute atomic E-state index is 0.0175. The minimum atomic E-state index is -0.631. The molecule has 0 saturated carbocycles. The van der Waals surface area contributed by atoms with Crippen LogP contribution >= 0.6 is 11.6 Å². The molecule has 90 valence electrons. The van der Waals surface area contributed by atoms with E-state index < -0.39 is 11.8 Å². The van der Waals surface area contributed by atoms with Crippen LogP contribution in [-0.2, 0) is 10.7 Å². The lowest BCUT2D eigenvalue weighted by Gasteiger charge is -2.25. The van der Waals surface area contributed by atoms with Crippen molar-refractivity contribution in [3.8, 4) is 0 Å². The van der Waals surface area contributed by atoms with E-state index in [9.17, 15) is 14.0 Å². The molecule has 1 N–H and O–H groups in total. The summed E-state index contributed by atoms with van der Waals surface area (Å²) >= 11 is 5.44. The molecule has 6 nitrogen and oxygen atoms in total. The van der Waals surface area contributed by atoms with Crippen molar-refractivity contribution in [2.24, 2.45) is 0 Å². The second-order valence-corrected chi connectivity index (χ2v) is 3.65. The van der Waals surface area contributed by atoms with E-state index in [4.69, 9.17) is 11.6 Å². The number of alkyl halides is 1. The summed E-state index contributed by atoms with van der Waals surface area (Å²) in [5, 5.41) is 9.36. The van der Waals surface area contributed by atoms with Gasteiger partial charge < -0.3 is 0 Å². The van der Waals surface area contributed by atoms with E-state index in [2.05, 4.69) is 15.5 Å². The highest BCUT2D eigenvalue weighted by molar-refractivity contribution is 6.16. The van der Waals surface area contributed by atoms with Gasteiger partial charge in [-0.3, -0.25) is 15.0 Å². The number of urea groups is 1. The fraction of sp³-hybridized carbons (Fsp3) is 0.333. The van der Waals surface area contributed by atoms with Crippen LogP contribution < -0.4 is 10.2 Å². The summed E-state index contributed by atoms with van der Waals surface area (Å²) in [6, 6.07) is 0.439. The Hall–Kier alpha value is -1.76. The molecule has 0 unspecified atom stereocenters. The smallest absolute Gasteiger partial charge is 0.278 e. The van der Waals surface area contributed by atoms with E-state index in [1.54, 1.807) is 0 Å². The van der Waals surface area contributed by atoms with Gasteiger partial charge in [-0.15, -0.1) is 21.8 Å². The molecule has 1 fully saturated rings. The second-order valence-electron chi connectivity index (χ2n) is 3.39. The van der Waals surface area contributed by atoms with Crippen LogP contribution in [-0.4, -0.2) is 28.7 Å². The molecule has 17 heavy (non-hydrogen) atoms. The van der Waals surface area contributed by atoms with Crippen LogP contribution in [0.5, 0.6) is 0 Å². The van der Waals surface area contributed by atoms with Crippen LogP contribution in [0.1, 0.15) is 12.1 Å². The van der Waals surface area contributed by atoms with Crippen molar-refractivity contribution in [3.63, 3.8) is 0 Å². The molecule has 0 bridgehead atoms. The van der Waals surface area contributed by atoms with Gasteiger partial charge in [0.1, 0.15) is 5.69 Å². The van der Waals surface area contributed by atoms with E-state index in [0.29, 0.717) is 0 Å². The maximum atomic E-state index is 13.4. The number of hydrogen-bond donors (Lipinski definition) is 1. The largest absolute Gasteiger partial charge is 0.329 e. The number of aromatic nitrogens is 2. The average molecular weight is 259 g/mol. The van der Waals surface area contributed by atoms with Crippen molar-refractivity contribution in [1.82, 2.24) is 15.5 Å². The number of imide groups is 1. The maximum Gasteiger partial charge on any atom is 0.329 e. The van der Waals surface area contributed by atoms with Crippen molar-refractivity contribution in [1.29, 1.82) is 0 Å². The van der Waals surface area contributed by atoms with Gasteiger partial charge in [0.25, 0.3) is 0 Å². The van der Waals surface area contributed by atoms with E-state index in [0.717, 1.165) is 11.0 Å². The molecule has 0 atom stereocenters. The summed E-state index contributed by atoms with van der Waals surface area (Å²) in [4.78, 5) is 23.5. The van der Waals surface area contributed by atoms with Gasteiger partial charge in [-0.1, -0.05) is 0 Å². The van der Waals surface area contributed by atoms with Gasteiger partial charge in [0.2, 0.25) is 5.91 Å².